The molecule has 2 N–H and O–H groups in total. The molecule has 0 spiro atoms. The molecule has 0 saturated heterocycles. The fourth-order valence-electron chi connectivity index (χ4n) is 2.78. The van der Waals surface area contributed by atoms with Gasteiger partial charge < -0.3 is 10.1 Å². The topological polar surface area (TPSA) is 92.2 Å². The third-order valence-corrected chi connectivity index (χ3v) is 4.52. The summed E-state index contributed by atoms with van der Waals surface area (Å²) in [5.74, 6) is -1.69. The van der Waals surface area contributed by atoms with Crippen LogP contribution in [-0.2, 0) is 17.8 Å². The molecule has 0 aliphatic rings. The van der Waals surface area contributed by atoms with Gasteiger partial charge in [-0.25, -0.2) is 9.18 Å². The van der Waals surface area contributed by atoms with Crippen molar-refractivity contribution in [3.8, 4) is 0 Å². The highest BCUT2D eigenvalue weighted by Crippen LogP contribution is 2.17. The molecule has 0 fully saturated rings. The molecule has 8 heteroatoms. The van der Waals surface area contributed by atoms with Gasteiger partial charge in [-0.1, -0.05) is 28.1 Å². The number of aryl methyl sites for hydroxylation is 1. The normalized spacial score (nSPS) is 11.0. The lowest BCUT2D eigenvalue weighted by Gasteiger charge is -2.10. The third-order valence-electron chi connectivity index (χ3n) is 3.99. The quantitative estimate of drug-likeness (QED) is 0.663. The van der Waals surface area contributed by atoms with Gasteiger partial charge in [-0.2, -0.15) is 0 Å². The zero-order valence-electron chi connectivity index (χ0n) is 13.5. The minimum absolute atomic E-state index is 0.0108. The summed E-state index contributed by atoms with van der Waals surface area (Å²) in [5.41, 5.74) is -0.165. The maximum Gasteiger partial charge on any atom is 0.329 e. The smallest absolute Gasteiger partial charge is 0.329 e. The molecule has 0 bridgehead atoms. The molecule has 0 saturated carbocycles. The number of nitrogens with zero attached hydrogens (tertiary/aromatic N) is 1. The number of benzene rings is 2. The first-order chi connectivity index (χ1) is 12.3. The summed E-state index contributed by atoms with van der Waals surface area (Å²) in [7, 11) is 0. The summed E-state index contributed by atoms with van der Waals surface area (Å²) in [6.45, 7) is 0.0487. The van der Waals surface area contributed by atoms with E-state index in [2.05, 4.69) is 20.9 Å². The minimum Gasteiger partial charge on any atom is -0.481 e. The Balaban J connectivity index is 2.15. The van der Waals surface area contributed by atoms with Crippen molar-refractivity contribution in [3.63, 3.8) is 0 Å². The van der Waals surface area contributed by atoms with Crippen LogP contribution in [0.2, 0.25) is 0 Å². The first kappa shape index (κ1) is 18.1. The molecule has 0 aliphatic heterocycles. The second-order valence-corrected chi connectivity index (χ2v) is 6.74. The number of hydrogen-bond acceptors (Lipinski definition) is 3. The Morgan fingerprint density at radius 3 is 2.54 bits per heavy atom. The number of rotatable bonds is 5. The molecule has 0 radical (unpaired) electrons. The van der Waals surface area contributed by atoms with E-state index in [1.165, 1.54) is 0 Å². The molecule has 0 aliphatic carbocycles. The number of nitrogens with one attached hydrogen (secondary N) is 1. The number of carbonyl (C=O) groups is 1. The van der Waals surface area contributed by atoms with E-state index in [-0.39, 0.29) is 35.9 Å². The number of hydrogen-bond donors (Lipinski definition) is 2. The highest BCUT2D eigenvalue weighted by molar-refractivity contribution is 9.10. The predicted octanol–water partition coefficient (Wildman–Crippen LogP) is 2.66. The third kappa shape index (κ3) is 3.75. The maximum absolute atomic E-state index is 13.8. The SMILES string of the molecule is O=C(O)CCc1cc(F)cc2[nH]c(=O)n(Cc3ccc(Br)cc3)c(=O)c12. The fourth-order valence-corrected chi connectivity index (χ4v) is 3.04. The van der Waals surface area contributed by atoms with Gasteiger partial charge in [0, 0.05) is 10.9 Å². The van der Waals surface area contributed by atoms with E-state index in [4.69, 9.17) is 5.11 Å². The number of aromatic amines is 1. The van der Waals surface area contributed by atoms with Gasteiger partial charge in [0.2, 0.25) is 0 Å². The summed E-state index contributed by atoms with van der Waals surface area (Å²) >= 11 is 3.32. The first-order valence-corrected chi connectivity index (χ1v) is 8.56. The van der Waals surface area contributed by atoms with Crippen LogP contribution in [0.1, 0.15) is 17.5 Å². The van der Waals surface area contributed by atoms with E-state index in [1.807, 2.05) is 0 Å². The molecule has 2 aromatic carbocycles. The molecule has 6 nitrogen and oxygen atoms in total. The average Bonchev–Trinajstić information content (AvgIpc) is 2.57. The molecular weight excluding hydrogens is 407 g/mol. The number of aromatic nitrogens is 2. The molecule has 1 aromatic heterocycles. The van der Waals surface area contributed by atoms with Crippen molar-refractivity contribution in [2.45, 2.75) is 19.4 Å². The maximum atomic E-state index is 13.8. The number of aliphatic carboxylic acids is 1. The molecule has 26 heavy (non-hydrogen) atoms. The Kier molecular flexibility index (Phi) is 5.03. The largest absolute Gasteiger partial charge is 0.481 e. The van der Waals surface area contributed by atoms with E-state index in [9.17, 15) is 18.8 Å². The van der Waals surface area contributed by atoms with Gasteiger partial charge in [0.1, 0.15) is 5.82 Å². The van der Waals surface area contributed by atoms with Gasteiger partial charge >= 0.3 is 11.7 Å². The Hall–Kier alpha value is -2.74. The average molecular weight is 421 g/mol. The number of H-pyrrole nitrogens is 1. The van der Waals surface area contributed by atoms with Crippen molar-refractivity contribution < 1.29 is 14.3 Å². The monoisotopic (exact) mass is 420 g/mol. The summed E-state index contributed by atoms with van der Waals surface area (Å²) in [6, 6.07) is 9.33. The Morgan fingerprint density at radius 1 is 1.19 bits per heavy atom. The Morgan fingerprint density at radius 2 is 1.88 bits per heavy atom. The summed E-state index contributed by atoms with van der Waals surface area (Å²) in [4.78, 5) is 38.5. The van der Waals surface area contributed by atoms with E-state index in [1.54, 1.807) is 24.3 Å². The molecule has 134 valence electrons. The van der Waals surface area contributed by atoms with Crippen LogP contribution in [0.15, 0.2) is 50.5 Å². The van der Waals surface area contributed by atoms with E-state index < -0.39 is 23.0 Å². The summed E-state index contributed by atoms with van der Waals surface area (Å²) in [6.07, 6.45) is -0.257. The van der Waals surface area contributed by atoms with Crippen molar-refractivity contribution in [1.29, 1.82) is 0 Å². The second-order valence-electron chi connectivity index (χ2n) is 5.83. The molecular formula is C18H14BrFN2O4. The number of carboxylic acid groups (broad SMARTS) is 1. The molecule has 1 heterocycles. The van der Waals surface area contributed by atoms with Crippen molar-refractivity contribution in [2.75, 3.05) is 0 Å². The van der Waals surface area contributed by atoms with Crippen molar-refractivity contribution >= 4 is 32.8 Å². The first-order valence-electron chi connectivity index (χ1n) is 7.76. The standard InChI is InChI=1S/C18H14BrFN2O4/c19-12-4-1-10(2-5-12)9-22-17(25)16-11(3-6-15(23)24)7-13(20)8-14(16)21-18(22)26/h1-2,4-5,7-8H,3,6,9H2,(H,21,26)(H,23,24). The lowest BCUT2D eigenvalue weighted by atomic mass is 10.0. The molecule has 3 rings (SSSR count). The number of fused-ring (bicyclic) bond motifs is 1. The molecule has 0 amide bonds. The van der Waals surface area contributed by atoms with Crippen LogP contribution in [-0.4, -0.2) is 20.6 Å². The van der Waals surface area contributed by atoms with Crippen LogP contribution < -0.4 is 11.2 Å². The molecule has 0 atom stereocenters. The van der Waals surface area contributed by atoms with Gasteiger partial charge in [0.15, 0.2) is 0 Å². The summed E-state index contributed by atoms with van der Waals surface area (Å²) < 4.78 is 15.7. The Labute approximate surface area is 155 Å². The molecule has 0 unspecified atom stereocenters. The zero-order chi connectivity index (χ0) is 18.8. The van der Waals surface area contributed by atoms with Gasteiger partial charge in [-0.15, -0.1) is 0 Å². The van der Waals surface area contributed by atoms with Crippen LogP contribution in [0.4, 0.5) is 4.39 Å². The van der Waals surface area contributed by atoms with E-state index >= 15 is 0 Å². The highest BCUT2D eigenvalue weighted by Gasteiger charge is 2.14. The van der Waals surface area contributed by atoms with Crippen molar-refractivity contribution in [1.82, 2.24) is 9.55 Å². The predicted molar refractivity (Wildman–Crippen MR) is 98.0 cm³/mol. The van der Waals surface area contributed by atoms with Crippen molar-refractivity contribution in [2.24, 2.45) is 0 Å². The highest BCUT2D eigenvalue weighted by atomic mass is 79.9. The van der Waals surface area contributed by atoms with E-state index in [0.717, 1.165) is 26.7 Å². The number of halogens is 2. The van der Waals surface area contributed by atoms with Gasteiger partial charge in [0.25, 0.3) is 5.56 Å². The minimum atomic E-state index is -1.05. The van der Waals surface area contributed by atoms with E-state index in [0.29, 0.717) is 0 Å². The molecule has 3 aromatic rings. The lowest BCUT2D eigenvalue weighted by Crippen LogP contribution is -2.36. The fraction of sp³-hybridized carbons (Fsp3) is 0.167. The lowest BCUT2D eigenvalue weighted by molar-refractivity contribution is -0.136. The van der Waals surface area contributed by atoms with Crippen molar-refractivity contribution in [3.05, 3.63) is 78.7 Å². The number of carboxylic acids is 1. The second kappa shape index (κ2) is 7.25. The van der Waals surface area contributed by atoms with Gasteiger partial charge in [0.05, 0.1) is 17.4 Å². The zero-order valence-corrected chi connectivity index (χ0v) is 15.0. The Bertz CT molecular complexity index is 1100. The van der Waals surface area contributed by atoms with Crippen LogP contribution in [0, 0.1) is 5.82 Å². The summed E-state index contributed by atoms with van der Waals surface area (Å²) in [5, 5.41) is 8.99. The van der Waals surface area contributed by atoms with Crippen LogP contribution in [0.3, 0.4) is 0 Å². The van der Waals surface area contributed by atoms with Crippen LogP contribution in [0.25, 0.3) is 10.9 Å². The van der Waals surface area contributed by atoms with Gasteiger partial charge in [-0.05, 0) is 41.8 Å². The van der Waals surface area contributed by atoms with Crippen LogP contribution >= 0.6 is 15.9 Å². The van der Waals surface area contributed by atoms with Crippen LogP contribution in [0.5, 0.6) is 0 Å². The van der Waals surface area contributed by atoms with Gasteiger partial charge in [-0.3, -0.25) is 14.2 Å².